The molecule has 0 radical (unpaired) electrons. The smallest absolute Gasteiger partial charge is 0.410 e. The van der Waals surface area contributed by atoms with Crippen LogP contribution in [0.4, 0.5) is 10.7 Å². The Hall–Kier alpha value is -4.29. The SMILES string of the molecule is CC[C@H]1c2c([nH]c3nnc(-c4ccccc4OCOC)cc23)CCN1c1ncc(C2CCN(C3CC4(C3)CN(C(=O)OC(C)(C)C)C4)CC2)cn1. The van der Waals surface area contributed by atoms with Crippen LogP contribution < -0.4 is 9.64 Å². The Morgan fingerprint density at radius 1 is 1.04 bits per heavy atom. The highest BCUT2D eigenvalue weighted by molar-refractivity contribution is 5.86. The molecular formula is C39H50N8O4. The fourth-order valence-electron chi connectivity index (χ4n) is 8.87. The first-order valence-corrected chi connectivity index (χ1v) is 18.5. The van der Waals surface area contributed by atoms with Crippen LogP contribution >= 0.6 is 0 Å². The molecule has 1 atom stereocenters. The number of hydrogen-bond donors (Lipinski definition) is 1. The lowest BCUT2D eigenvalue weighted by molar-refractivity contribution is -0.110. The first-order valence-electron chi connectivity index (χ1n) is 18.5. The maximum atomic E-state index is 12.4. The molecule has 3 fully saturated rings. The summed E-state index contributed by atoms with van der Waals surface area (Å²) in [5.74, 6) is 1.97. The minimum absolute atomic E-state index is 0.117. The number of nitrogens with one attached hydrogen (secondary N) is 1. The van der Waals surface area contributed by atoms with E-state index in [4.69, 9.17) is 24.2 Å². The van der Waals surface area contributed by atoms with Gasteiger partial charge in [-0.2, -0.15) is 0 Å². The number of carbonyl (C=O) groups is 1. The van der Waals surface area contributed by atoms with Gasteiger partial charge in [-0.1, -0.05) is 19.1 Å². The van der Waals surface area contributed by atoms with E-state index in [2.05, 4.69) is 50.4 Å². The van der Waals surface area contributed by atoms with E-state index < -0.39 is 5.60 Å². The number of hydrogen-bond acceptors (Lipinski definition) is 10. The number of ether oxygens (including phenoxy) is 3. The maximum absolute atomic E-state index is 12.4. The number of methoxy groups -OCH3 is 1. The molecule has 12 heteroatoms. The molecule has 6 heterocycles. The number of piperidine rings is 1. The van der Waals surface area contributed by atoms with E-state index >= 15 is 0 Å². The fraction of sp³-hybridized carbons (Fsp3) is 0.564. The molecule has 3 aromatic heterocycles. The average molecular weight is 695 g/mol. The molecule has 2 saturated heterocycles. The number of H-pyrrole nitrogens is 1. The number of nitrogens with zero attached hydrogens (tertiary/aromatic N) is 7. The van der Waals surface area contributed by atoms with Gasteiger partial charge in [0.1, 0.15) is 11.4 Å². The lowest BCUT2D eigenvalue weighted by Crippen LogP contribution is -2.68. The number of fused-ring (bicyclic) bond motifs is 3. The Morgan fingerprint density at radius 3 is 2.49 bits per heavy atom. The second kappa shape index (κ2) is 13.4. The third-order valence-electron chi connectivity index (χ3n) is 11.3. The van der Waals surface area contributed by atoms with Crippen molar-refractivity contribution in [3.8, 4) is 17.0 Å². The molecule has 1 aliphatic carbocycles. The number of aromatic nitrogens is 5. The molecule has 4 aromatic rings. The number of anilines is 1. The summed E-state index contributed by atoms with van der Waals surface area (Å²) < 4.78 is 16.5. The molecule has 4 aliphatic rings. The van der Waals surface area contributed by atoms with Gasteiger partial charge < -0.3 is 33.9 Å². The fourth-order valence-corrected chi connectivity index (χ4v) is 8.87. The van der Waals surface area contributed by atoms with Crippen LogP contribution in [0.3, 0.4) is 0 Å². The van der Waals surface area contributed by atoms with Gasteiger partial charge in [0.05, 0.1) is 11.7 Å². The third-order valence-corrected chi connectivity index (χ3v) is 11.3. The summed E-state index contributed by atoms with van der Waals surface area (Å²) in [6.45, 7) is 12.9. The highest BCUT2D eigenvalue weighted by atomic mass is 16.7. The van der Waals surface area contributed by atoms with E-state index in [1.165, 1.54) is 29.7 Å². The lowest BCUT2D eigenvalue weighted by Gasteiger charge is -2.61. The van der Waals surface area contributed by atoms with Gasteiger partial charge in [0, 0.05) is 79.2 Å². The minimum atomic E-state index is -0.443. The van der Waals surface area contributed by atoms with Gasteiger partial charge >= 0.3 is 6.09 Å². The molecule has 1 amide bonds. The van der Waals surface area contributed by atoms with E-state index in [1.807, 2.05) is 49.9 Å². The summed E-state index contributed by atoms with van der Waals surface area (Å²) in [6, 6.07) is 10.7. The van der Waals surface area contributed by atoms with Gasteiger partial charge in [0.15, 0.2) is 12.4 Å². The van der Waals surface area contributed by atoms with Crippen LogP contribution in [0.1, 0.15) is 88.6 Å². The van der Waals surface area contributed by atoms with Gasteiger partial charge in [-0.25, -0.2) is 14.8 Å². The molecule has 1 saturated carbocycles. The van der Waals surface area contributed by atoms with Crippen molar-refractivity contribution in [3.63, 3.8) is 0 Å². The predicted octanol–water partition coefficient (Wildman–Crippen LogP) is 6.49. The highest BCUT2D eigenvalue weighted by Gasteiger charge is 2.55. The Bertz CT molecular complexity index is 1870. The van der Waals surface area contributed by atoms with Crippen LogP contribution in [-0.2, 0) is 15.9 Å². The summed E-state index contributed by atoms with van der Waals surface area (Å²) in [6.07, 6.45) is 10.4. The van der Waals surface area contributed by atoms with Crippen LogP contribution in [0.25, 0.3) is 22.3 Å². The molecule has 3 aliphatic heterocycles. The quantitative estimate of drug-likeness (QED) is 0.205. The normalized spacial score (nSPS) is 21.0. The monoisotopic (exact) mass is 694 g/mol. The van der Waals surface area contributed by atoms with E-state index in [0.717, 1.165) is 86.6 Å². The van der Waals surface area contributed by atoms with Crippen molar-refractivity contribution in [1.29, 1.82) is 0 Å². The number of amides is 1. The van der Waals surface area contributed by atoms with E-state index in [9.17, 15) is 4.79 Å². The molecule has 8 rings (SSSR count). The average Bonchev–Trinajstić information content (AvgIpc) is 3.47. The van der Waals surface area contributed by atoms with Crippen LogP contribution in [0.5, 0.6) is 5.75 Å². The number of likely N-dealkylation sites (tertiary alicyclic amines) is 2. The lowest BCUT2D eigenvalue weighted by atomic mass is 9.60. The summed E-state index contributed by atoms with van der Waals surface area (Å²) >= 11 is 0. The number of aromatic amines is 1. The summed E-state index contributed by atoms with van der Waals surface area (Å²) in [4.78, 5) is 32.8. The van der Waals surface area contributed by atoms with E-state index in [1.54, 1.807) is 7.11 Å². The van der Waals surface area contributed by atoms with Crippen molar-refractivity contribution in [2.45, 2.75) is 89.8 Å². The van der Waals surface area contributed by atoms with Gasteiger partial charge in [-0.05, 0) is 95.6 Å². The zero-order valence-electron chi connectivity index (χ0n) is 30.5. The van der Waals surface area contributed by atoms with Crippen molar-refractivity contribution in [1.82, 2.24) is 34.9 Å². The number of carbonyl (C=O) groups excluding carboxylic acids is 1. The van der Waals surface area contributed by atoms with Crippen molar-refractivity contribution >= 4 is 23.1 Å². The molecule has 1 spiro atoms. The van der Waals surface area contributed by atoms with Crippen LogP contribution in [0, 0.1) is 5.41 Å². The number of benzene rings is 1. The Labute approximate surface area is 299 Å². The Balaban J connectivity index is 0.902. The van der Waals surface area contributed by atoms with Crippen LogP contribution in [-0.4, -0.2) is 99.3 Å². The molecule has 51 heavy (non-hydrogen) atoms. The van der Waals surface area contributed by atoms with Crippen molar-refractivity contribution < 1.29 is 19.0 Å². The van der Waals surface area contributed by atoms with Crippen LogP contribution in [0.2, 0.25) is 0 Å². The molecule has 12 nitrogen and oxygen atoms in total. The van der Waals surface area contributed by atoms with Gasteiger partial charge in [0.25, 0.3) is 0 Å². The summed E-state index contributed by atoms with van der Waals surface area (Å²) in [7, 11) is 1.61. The Morgan fingerprint density at radius 2 is 1.78 bits per heavy atom. The second-order valence-electron chi connectivity index (χ2n) is 15.9. The summed E-state index contributed by atoms with van der Waals surface area (Å²) in [5.41, 5.74) is 6.01. The molecule has 270 valence electrons. The number of para-hydroxylation sites is 1. The summed E-state index contributed by atoms with van der Waals surface area (Å²) in [5, 5.41) is 10.2. The molecule has 0 bridgehead atoms. The maximum Gasteiger partial charge on any atom is 0.410 e. The zero-order chi connectivity index (χ0) is 35.3. The largest absolute Gasteiger partial charge is 0.467 e. The number of rotatable bonds is 8. The first-order chi connectivity index (χ1) is 24.6. The second-order valence-corrected chi connectivity index (χ2v) is 15.9. The molecular weight excluding hydrogens is 644 g/mol. The molecule has 0 unspecified atom stereocenters. The van der Waals surface area contributed by atoms with Crippen molar-refractivity contribution in [3.05, 3.63) is 59.5 Å². The van der Waals surface area contributed by atoms with Crippen molar-refractivity contribution in [2.24, 2.45) is 5.41 Å². The minimum Gasteiger partial charge on any atom is -0.467 e. The Kier molecular flexibility index (Phi) is 8.86. The van der Waals surface area contributed by atoms with E-state index in [0.29, 0.717) is 23.1 Å². The van der Waals surface area contributed by atoms with Gasteiger partial charge in [-0.3, -0.25) is 0 Å². The topological polar surface area (TPSA) is 122 Å². The van der Waals surface area contributed by atoms with E-state index in [-0.39, 0.29) is 18.9 Å². The highest BCUT2D eigenvalue weighted by Crippen LogP contribution is 2.51. The van der Waals surface area contributed by atoms with Crippen LogP contribution in [0.15, 0.2) is 42.7 Å². The molecule has 1 aromatic carbocycles. The standard InChI is InChI=1S/C39H50N8O4/c1-6-32-34-29-17-31(28-9-7-8-10-33(28)50-24-49-5)43-44-35(29)42-30(34)13-16-47(32)36-40-20-26(21-41-36)25-11-14-45(15-12-25)27-18-39(19-27)22-46(23-39)37(48)51-38(2,3)4/h7-10,17,20-21,25,27,32H,6,11-16,18-19,22-24H2,1-5H3,(H,42,44)/t32-/m0/s1. The van der Waals surface area contributed by atoms with Gasteiger partial charge in [0.2, 0.25) is 5.95 Å². The zero-order valence-corrected chi connectivity index (χ0v) is 30.5. The van der Waals surface area contributed by atoms with Gasteiger partial charge in [-0.15, -0.1) is 10.2 Å². The molecule has 1 N–H and O–H groups in total. The van der Waals surface area contributed by atoms with Crippen molar-refractivity contribution in [2.75, 3.05) is 51.5 Å². The third kappa shape index (κ3) is 6.52. The first kappa shape index (κ1) is 33.8. The predicted molar refractivity (Wildman–Crippen MR) is 195 cm³/mol.